The zero-order valence-corrected chi connectivity index (χ0v) is 14.2. The molecule has 0 aliphatic heterocycles. The summed E-state index contributed by atoms with van der Waals surface area (Å²) in [5.41, 5.74) is 0. The molecule has 0 saturated carbocycles. The quantitative estimate of drug-likeness (QED) is 0.495. The van der Waals surface area contributed by atoms with Gasteiger partial charge in [-0.15, -0.1) is 0 Å². The van der Waals surface area contributed by atoms with Gasteiger partial charge in [0, 0.05) is 5.92 Å². The Morgan fingerprint density at radius 2 is 1.59 bits per heavy atom. The molecule has 0 aromatic heterocycles. The van der Waals surface area contributed by atoms with Gasteiger partial charge in [-0.25, -0.2) is 0 Å². The second-order valence-corrected chi connectivity index (χ2v) is 17.6. The van der Waals surface area contributed by atoms with Crippen molar-refractivity contribution in [3.63, 3.8) is 0 Å². The molecule has 17 heavy (non-hydrogen) atoms. The van der Waals surface area contributed by atoms with E-state index in [0.717, 1.165) is 11.8 Å². The minimum atomic E-state index is -1.20. The molecule has 0 nitrogen and oxygen atoms in total. The molecule has 2 unspecified atom stereocenters. The van der Waals surface area contributed by atoms with E-state index >= 15 is 0 Å². The number of hydrogen-bond donors (Lipinski definition) is 0. The van der Waals surface area contributed by atoms with Gasteiger partial charge in [-0.3, -0.25) is 0 Å². The first kappa shape index (κ1) is 13.1. The van der Waals surface area contributed by atoms with Crippen LogP contribution in [0.4, 0.5) is 0 Å². The maximum Gasteiger partial charge on any atom is 0.0770 e. The zero-order valence-electron chi connectivity index (χ0n) is 12.2. The third-order valence-electron chi connectivity index (χ3n) is 3.96. The largest absolute Gasteiger partial charge is 0.0873 e. The third-order valence-corrected chi connectivity index (χ3v) is 8.48. The van der Waals surface area contributed by atoms with Gasteiger partial charge < -0.3 is 0 Å². The van der Waals surface area contributed by atoms with Crippen LogP contribution in [0.3, 0.4) is 0 Å². The molecule has 2 atom stereocenters. The van der Waals surface area contributed by atoms with Gasteiger partial charge in [-0.05, 0) is 12.3 Å². The number of fused-ring (bicyclic) bond motifs is 1. The summed E-state index contributed by atoms with van der Waals surface area (Å²) < 4.78 is 0. The van der Waals surface area contributed by atoms with Crippen LogP contribution >= 0.6 is 0 Å². The normalized spacial score (nSPS) is 28.8. The Balaban J connectivity index is 2.56. The average Bonchev–Trinajstić information content (AvgIpc) is 2.59. The molecular weight excluding hydrogens is 236 g/mol. The maximum absolute atomic E-state index is 2.52. The van der Waals surface area contributed by atoms with Crippen molar-refractivity contribution in [1.29, 1.82) is 0 Å². The molecule has 2 rings (SSSR count). The fourth-order valence-electron chi connectivity index (χ4n) is 3.23. The average molecular weight is 263 g/mol. The van der Waals surface area contributed by atoms with Crippen molar-refractivity contribution in [2.45, 2.75) is 45.7 Å². The summed E-state index contributed by atoms with van der Waals surface area (Å²) in [5.74, 6) is 1.52. The Kier molecular flexibility index (Phi) is 3.15. The second-order valence-electron chi connectivity index (χ2n) is 7.54. The van der Waals surface area contributed by atoms with E-state index < -0.39 is 16.1 Å². The SMILES string of the molecule is C[Si](C)(C)C1=C([Si](C)(C)C)C2C=CCC2C=C1. The second kappa shape index (κ2) is 4.09. The van der Waals surface area contributed by atoms with Gasteiger partial charge in [0.25, 0.3) is 0 Å². The van der Waals surface area contributed by atoms with Crippen LogP contribution in [-0.4, -0.2) is 16.1 Å². The van der Waals surface area contributed by atoms with Crippen LogP contribution in [0.15, 0.2) is 34.7 Å². The van der Waals surface area contributed by atoms with Crippen LogP contribution in [0.5, 0.6) is 0 Å². The summed E-state index contributed by atoms with van der Waals surface area (Å²) in [6.45, 7) is 15.0. The molecule has 0 saturated heterocycles. The van der Waals surface area contributed by atoms with Crippen molar-refractivity contribution in [1.82, 2.24) is 0 Å². The molecule has 0 aromatic carbocycles. The van der Waals surface area contributed by atoms with Crippen molar-refractivity contribution in [3.8, 4) is 0 Å². The minimum absolute atomic E-state index is 0.744. The lowest BCUT2D eigenvalue weighted by atomic mass is 9.91. The van der Waals surface area contributed by atoms with Gasteiger partial charge in [0.1, 0.15) is 0 Å². The van der Waals surface area contributed by atoms with E-state index in [-0.39, 0.29) is 0 Å². The van der Waals surface area contributed by atoms with Crippen LogP contribution in [0, 0.1) is 11.8 Å². The summed E-state index contributed by atoms with van der Waals surface area (Å²) in [5, 5.41) is 3.61. The monoisotopic (exact) mass is 262 g/mol. The van der Waals surface area contributed by atoms with Crippen LogP contribution in [-0.2, 0) is 0 Å². The summed E-state index contributed by atoms with van der Waals surface area (Å²) in [7, 11) is -2.40. The lowest BCUT2D eigenvalue weighted by molar-refractivity contribution is 0.581. The summed E-state index contributed by atoms with van der Waals surface area (Å²) in [6, 6.07) is 0. The van der Waals surface area contributed by atoms with Crippen molar-refractivity contribution in [3.05, 3.63) is 34.7 Å². The molecule has 0 spiro atoms. The number of hydrogen-bond acceptors (Lipinski definition) is 0. The predicted molar refractivity (Wildman–Crippen MR) is 83.6 cm³/mol. The van der Waals surface area contributed by atoms with E-state index in [1.165, 1.54) is 6.42 Å². The molecule has 0 fully saturated rings. The molecule has 0 aromatic rings. The fourth-order valence-corrected chi connectivity index (χ4v) is 9.25. The van der Waals surface area contributed by atoms with Crippen LogP contribution in [0.1, 0.15) is 6.42 Å². The lowest BCUT2D eigenvalue weighted by Gasteiger charge is -2.38. The fraction of sp³-hybridized carbons (Fsp3) is 0.600. The van der Waals surface area contributed by atoms with Crippen molar-refractivity contribution >= 4 is 16.1 Å². The number of rotatable bonds is 2. The molecule has 0 bridgehead atoms. The highest BCUT2D eigenvalue weighted by Crippen LogP contribution is 2.43. The highest BCUT2D eigenvalue weighted by Gasteiger charge is 2.38. The molecule has 0 amide bonds. The Morgan fingerprint density at radius 3 is 2.12 bits per heavy atom. The van der Waals surface area contributed by atoms with Crippen molar-refractivity contribution in [2.24, 2.45) is 11.8 Å². The van der Waals surface area contributed by atoms with Gasteiger partial charge in [-0.1, -0.05) is 74.0 Å². The molecular formula is C15H26Si2. The van der Waals surface area contributed by atoms with Gasteiger partial charge in [0.15, 0.2) is 0 Å². The van der Waals surface area contributed by atoms with Gasteiger partial charge in [-0.2, -0.15) is 0 Å². The predicted octanol–water partition coefficient (Wildman–Crippen LogP) is 4.80. The van der Waals surface area contributed by atoms with E-state index in [0.29, 0.717) is 0 Å². The standard InChI is InChI=1S/C15H26Si2/c1-16(2,3)14-11-10-12-8-7-9-13(12)15(14)17(4,5)6/h7,9-13H,8H2,1-6H3. The highest BCUT2D eigenvalue weighted by molar-refractivity contribution is 6.89. The minimum Gasteiger partial charge on any atom is -0.0873 e. The van der Waals surface area contributed by atoms with E-state index in [9.17, 15) is 0 Å². The van der Waals surface area contributed by atoms with E-state index in [1.54, 1.807) is 5.20 Å². The van der Waals surface area contributed by atoms with Crippen molar-refractivity contribution < 1.29 is 0 Å². The molecule has 0 heterocycles. The Bertz CT molecular complexity index is 400. The molecule has 0 radical (unpaired) electrons. The highest BCUT2D eigenvalue weighted by atomic mass is 28.3. The Labute approximate surface area is 109 Å². The van der Waals surface area contributed by atoms with E-state index in [2.05, 4.69) is 63.6 Å². The summed E-state index contributed by atoms with van der Waals surface area (Å²) in [6.07, 6.45) is 11.1. The molecule has 0 N–H and O–H groups in total. The zero-order chi connectivity index (χ0) is 12.8. The van der Waals surface area contributed by atoms with Crippen molar-refractivity contribution in [2.75, 3.05) is 0 Å². The first-order valence-corrected chi connectivity index (χ1v) is 13.8. The van der Waals surface area contributed by atoms with Crippen LogP contribution in [0.2, 0.25) is 39.3 Å². The smallest absolute Gasteiger partial charge is 0.0770 e. The summed E-state index contributed by atoms with van der Waals surface area (Å²) in [4.78, 5) is 0. The first-order valence-electron chi connectivity index (χ1n) is 6.81. The third kappa shape index (κ3) is 2.43. The first-order chi connectivity index (χ1) is 7.71. The molecule has 2 aliphatic rings. The van der Waals surface area contributed by atoms with E-state index in [4.69, 9.17) is 0 Å². The Hall–Kier alpha value is -0.346. The van der Waals surface area contributed by atoms with Gasteiger partial charge in [0.2, 0.25) is 0 Å². The van der Waals surface area contributed by atoms with Gasteiger partial charge >= 0.3 is 0 Å². The molecule has 2 aliphatic carbocycles. The molecule has 94 valence electrons. The lowest BCUT2D eigenvalue weighted by Crippen LogP contribution is -2.38. The van der Waals surface area contributed by atoms with E-state index in [1.807, 2.05) is 5.20 Å². The van der Waals surface area contributed by atoms with Crippen LogP contribution < -0.4 is 0 Å². The summed E-state index contributed by atoms with van der Waals surface area (Å²) >= 11 is 0. The number of allylic oxidation sites excluding steroid dienone is 6. The van der Waals surface area contributed by atoms with Gasteiger partial charge in [0.05, 0.1) is 16.1 Å². The molecule has 2 heteroatoms. The maximum atomic E-state index is 2.52. The Morgan fingerprint density at radius 1 is 0.941 bits per heavy atom. The van der Waals surface area contributed by atoms with Crippen LogP contribution in [0.25, 0.3) is 0 Å². The topological polar surface area (TPSA) is 0 Å².